The van der Waals surface area contributed by atoms with E-state index in [4.69, 9.17) is 0 Å². The molecule has 0 radical (unpaired) electrons. The lowest BCUT2D eigenvalue weighted by atomic mass is 10.2. The van der Waals surface area contributed by atoms with Crippen molar-refractivity contribution in [1.82, 2.24) is 20.2 Å². The lowest BCUT2D eigenvalue weighted by Crippen LogP contribution is -2.16. The number of hydrogen-bond acceptors (Lipinski definition) is 5. The van der Waals surface area contributed by atoms with Gasteiger partial charge in [0.2, 0.25) is 5.91 Å². The molecule has 1 aliphatic rings. The summed E-state index contributed by atoms with van der Waals surface area (Å²) in [4.78, 5) is 20.7. The highest BCUT2D eigenvalue weighted by Crippen LogP contribution is 2.46. The van der Waals surface area contributed by atoms with Gasteiger partial charge in [0.1, 0.15) is 5.82 Å². The first-order valence-electron chi connectivity index (χ1n) is 6.53. The summed E-state index contributed by atoms with van der Waals surface area (Å²) >= 11 is 0. The summed E-state index contributed by atoms with van der Waals surface area (Å²) in [7, 11) is 0. The molecule has 0 bridgehead atoms. The van der Waals surface area contributed by atoms with Crippen LogP contribution in [0.3, 0.4) is 0 Å². The van der Waals surface area contributed by atoms with Gasteiger partial charge in [0, 0.05) is 23.7 Å². The first-order valence-corrected chi connectivity index (χ1v) is 6.53. The van der Waals surface area contributed by atoms with Crippen molar-refractivity contribution in [3.05, 3.63) is 41.6 Å². The summed E-state index contributed by atoms with van der Waals surface area (Å²) in [5.74, 6) is 1.25. The van der Waals surface area contributed by atoms with Crippen molar-refractivity contribution in [2.45, 2.75) is 26.2 Å². The largest absolute Gasteiger partial charge is 0.309 e. The minimum absolute atomic E-state index is 0.0417. The highest BCUT2D eigenvalue weighted by molar-refractivity contribution is 5.94. The number of nitrogens with zero attached hydrogens (tertiary/aromatic N) is 4. The Balaban J connectivity index is 1.66. The van der Waals surface area contributed by atoms with Gasteiger partial charge in [-0.3, -0.25) is 4.79 Å². The van der Waals surface area contributed by atoms with Gasteiger partial charge in [-0.05, 0) is 38.0 Å². The fourth-order valence-corrected chi connectivity index (χ4v) is 2.16. The van der Waals surface area contributed by atoms with Crippen molar-refractivity contribution >= 4 is 11.7 Å². The lowest BCUT2D eigenvalue weighted by Gasteiger charge is -2.03. The second-order valence-corrected chi connectivity index (χ2v) is 5.11. The Labute approximate surface area is 116 Å². The van der Waals surface area contributed by atoms with E-state index in [0.717, 1.165) is 23.5 Å². The molecule has 1 amide bonds. The SMILES string of the molecule is Cc1cnnc(NC(=O)[C@H]2C[C@@H]2c2nccc(C)n2)c1. The summed E-state index contributed by atoms with van der Waals surface area (Å²) < 4.78 is 0. The van der Waals surface area contributed by atoms with Gasteiger partial charge in [-0.25, -0.2) is 9.97 Å². The maximum absolute atomic E-state index is 12.1. The van der Waals surface area contributed by atoms with E-state index in [1.165, 1.54) is 0 Å². The van der Waals surface area contributed by atoms with Gasteiger partial charge in [-0.1, -0.05) is 0 Å². The lowest BCUT2D eigenvalue weighted by molar-refractivity contribution is -0.117. The van der Waals surface area contributed by atoms with E-state index in [1.54, 1.807) is 18.5 Å². The molecule has 1 saturated carbocycles. The van der Waals surface area contributed by atoms with Crippen LogP contribution in [0.4, 0.5) is 5.82 Å². The number of amides is 1. The molecule has 2 aromatic rings. The monoisotopic (exact) mass is 269 g/mol. The van der Waals surface area contributed by atoms with Crippen LogP contribution < -0.4 is 5.32 Å². The van der Waals surface area contributed by atoms with Crippen molar-refractivity contribution in [2.24, 2.45) is 5.92 Å². The number of nitrogens with one attached hydrogen (secondary N) is 1. The molecule has 2 aromatic heterocycles. The Kier molecular flexibility index (Phi) is 3.14. The van der Waals surface area contributed by atoms with Gasteiger partial charge in [0.05, 0.1) is 6.20 Å². The average molecular weight is 269 g/mol. The van der Waals surface area contributed by atoms with Crippen molar-refractivity contribution in [3.63, 3.8) is 0 Å². The highest BCUT2D eigenvalue weighted by atomic mass is 16.2. The highest BCUT2D eigenvalue weighted by Gasteiger charge is 2.46. The van der Waals surface area contributed by atoms with Crippen LogP contribution in [0, 0.1) is 19.8 Å². The number of rotatable bonds is 3. The van der Waals surface area contributed by atoms with Crippen LogP contribution in [0.2, 0.25) is 0 Å². The van der Waals surface area contributed by atoms with E-state index >= 15 is 0 Å². The topological polar surface area (TPSA) is 80.7 Å². The van der Waals surface area contributed by atoms with Crippen LogP contribution >= 0.6 is 0 Å². The maximum atomic E-state index is 12.1. The third-order valence-electron chi connectivity index (χ3n) is 3.31. The first-order chi connectivity index (χ1) is 9.63. The Morgan fingerprint density at radius 1 is 1.40 bits per heavy atom. The number of carbonyl (C=O) groups is 1. The fraction of sp³-hybridized carbons (Fsp3) is 0.357. The Morgan fingerprint density at radius 3 is 3.00 bits per heavy atom. The average Bonchev–Trinajstić information content (AvgIpc) is 3.19. The first kappa shape index (κ1) is 12.7. The van der Waals surface area contributed by atoms with E-state index in [-0.39, 0.29) is 17.7 Å². The van der Waals surface area contributed by atoms with Crippen LogP contribution in [0.5, 0.6) is 0 Å². The number of aromatic nitrogens is 4. The van der Waals surface area contributed by atoms with Crippen molar-refractivity contribution in [1.29, 1.82) is 0 Å². The van der Waals surface area contributed by atoms with Gasteiger partial charge >= 0.3 is 0 Å². The van der Waals surface area contributed by atoms with Gasteiger partial charge in [0.15, 0.2) is 5.82 Å². The quantitative estimate of drug-likeness (QED) is 0.915. The van der Waals surface area contributed by atoms with Gasteiger partial charge in [-0.2, -0.15) is 5.10 Å². The van der Waals surface area contributed by atoms with Gasteiger partial charge in [0.25, 0.3) is 0 Å². The zero-order chi connectivity index (χ0) is 14.1. The molecule has 6 nitrogen and oxygen atoms in total. The third kappa shape index (κ3) is 2.64. The van der Waals surface area contributed by atoms with E-state index in [9.17, 15) is 4.79 Å². The van der Waals surface area contributed by atoms with Crippen LogP contribution in [0.25, 0.3) is 0 Å². The normalized spacial score (nSPS) is 20.5. The molecule has 0 unspecified atom stereocenters. The number of hydrogen-bond donors (Lipinski definition) is 1. The molecule has 0 aromatic carbocycles. The van der Waals surface area contributed by atoms with Crippen LogP contribution in [0.15, 0.2) is 24.5 Å². The molecule has 2 heterocycles. The molecule has 0 saturated heterocycles. The second-order valence-electron chi connectivity index (χ2n) is 5.11. The molecule has 6 heteroatoms. The van der Waals surface area contributed by atoms with E-state index in [2.05, 4.69) is 25.5 Å². The molecule has 0 spiro atoms. The van der Waals surface area contributed by atoms with E-state index in [0.29, 0.717) is 5.82 Å². The third-order valence-corrected chi connectivity index (χ3v) is 3.31. The number of aryl methyl sites for hydroxylation is 2. The van der Waals surface area contributed by atoms with Crippen molar-refractivity contribution < 1.29 is 4.79 Å². The summed E-state index contributed by atoms with van der Waals surface area (Å²) in [6, 6.07) is 3.65. The molecule has 1 fully saturated rings. The molecule has 1 aliphatic carbocycles. The Morgan fingerprint density at radius 2 is 2.25 bits per heavy atom. The van der Waals surface area contributed by atoms with Crippen LogP contribution in [-0.4, -0.2) is 26.1 Å². The van der Waals surface area contributed by atoms with Gasteiger partial charge < -0.3 is 5.32 Å². The molecule has 102 valence electrons. The molecule has 3 rings (SSSR count). The maximum Gasteiger partial charge on any atom is 0.229 e. The molecular weight excluding hydrogens is 254 g/mol. The minimum atomic E-state index is -0.0703. The molecule has 1 N–H and O–H groups in total. The minimum Gasteiger partial charge on any atom is -0.309 e. The summed E-state index contributed by atoms with van der Waals surface area (Å²) in [6.45, 7) is 3.83. The second kappa shape index (κ2) is 4.96. The van der Waals surface area contributed by atoms with Gasteiger partial charge in [-0.15, -0.1) is 5.10 Å². The standard InChI is InChI=1S/C14H15N5O/c1-8-5-12(19-16-7-8)18-14(20)11-6-10(11)13-15-4-3-9(2)17-13/h3-5,7,10-11H,6H2,1-2H3,(H,18,19,20)/t10-,11-/m0/s1. The van der Waals surface area contributed by atoms with Crippen LogP contribution in [-0.2, 0) is 4.79 Å². The van der Waals surface area contributed by atoms with E-state index < -0.39 is 0 Å². The predicted molar refractivity (Wildman–Crippen MR) is 73.0 cm³/mol. The summed E-state index contributed by atoms with van der Waals surface area (Å²) in [5, 5.41) is 10.5. The van der Waals surface area contributed by atoms with Crippen molar-refractivity contribution in [2.75, 3.05) is 5.32 Å². The predicted octanol–water partition coefficient (Wildman–Crippen LogP) is 1.63. The molecule has 2 atom stereocenters. The number of carbonyl (C=O) groups excluding carboxylic acids is 1. The summed E-state index contributed by atoms with van der Waals surface area (Å²) in [5.41, 5.74) is 1.88. The molecular formula is C14H15N5O. The Hall–Kier alpha value is -2.37. The van der Waals surface area contributed by atoms with Crippen LogP contribution in [0.1, 0.15) is 29.4 Å². The summed E-state index contributed by atoms with van der Waals surface area (Å²) in [6.07, 6.45) is 4.17. The molecule has 20 heavy (non-hydrogen) atoms. The van der Waals surface area contributed by atoms with E-state index in [1.807, 2.05) is 19.9 Å². The van der Waals surface area contributed by atoms with Crippen molar-refractivity contribution in [3.8, 4) is 0 Å². The number of anilines is 1. The Bertz CT molecular complexity index is 658. The fourth-order valence-electron chi connectivity index (χ4n) is 2.16. The zero-order valence-electron chi connectivity index (χ0n) is 11.4. The smallest absolute Gasteiger partial charge is 0.229 e. The zero-order valence-corrected chi connectivity index (χ0v) is 11.4. The molecule has 0 aliphatic heterocycles.